The summed E-state index contributed by atoms with van der Waals surface area (Å²) in [6.45, 7) is 0.589. The van der Waals surface area contributed by atoms with Crippen molar-refractivity contribution in [2.45, 2.75) is 12.8 Å². The molecule has 0 aliphatic carbocycles. The van der Waals surface area contributed by atoms with Crippen LogP contribution < -0.4 is 23.7 Å². The SMILES string of the molecule is COc1cc(C[C@@H]2C(=O)OC[C@H]2Cc2ccc3c(c2)OCO3)c(Cl)c(OC)c1OC. The number of esters is 1. The van der Waals surface area contributed by atoms with Gasteiger partial charge in [0.1, 0.15) is 0 Å². The monoisotopic (exact) mass is 434 g/mol. The highest BCUT2D eigenvalue weighted by Gasteiger charge is 2.38. The Labute approximate surface area is 179 Å². The van der Waals surface area contributed by atoms with Crippen molar-refractivity contribution in [3.8, 4) is 28.7 Å². The van der Waals surface area contributed by atoms with E-state index in [0.717, 1.165) is 22.6 Å². The first kappa shape index (κ1) is 20.5. The number of fused-ring (bicyclic) bond motifs is 1. The number of cyclic esters (lactones) is 1. The predicted molar refractivity (Wildman–Crippen MR) is 109 cm³/mol. The van der Waals surface area contributed by atoms with E-state index < -0.39 is 0 Å². The number of carbonyl (C=O) groups is 1. The second-order valence-electron chi connectivity index (χ2n) is 7.21. The number of benzene rings is 2. The van der Waals surface area contributed by atoms with Crippen LogP contribution in [0.25, 0.3) is 0 Å². The van der Waals surface area contributed by atoms with Gasteiger partial charge >= 0.3 is 5.97 Å². The summed E-state index contributed by atoms with van der Waals surface area (Å²) in [6.07, 6.45) is 1.08. The van der Waals surface area contributed by atoms with Crippen molar-refractivity contribution in [3.05, 3.63) is 40.4 Å². The van der Waals surface area contributed by atoms with Crippen molar-refractivity contribution in [2.24, 2.45) is 11.8 Å². The Hall–Kier alpha value is -2.80. The maximum absolute atomic E-state index is 12.5. The Kier molecular flexibility index (Phi) is 5.81. The minimum absolute atomic E-state index is 0.00743. The molecule has 2 atom stereocenters. The zero-order chi connectivity index (χ0) is 21.3. The number of methoxy groups -OCH3 is 3. The van der Waals surface area contributed by atoms with Crippen LogP contribution in [0.5, 0.6) is 28.7 Å². The molecule has 2 aromatic carbocycles. The third-order valence-corrected chi connectivity index (χ3v) is 5.95. The van der Waals surface area contributed by atoms with E-state index in [1.807, 2.05) is 18.2 Å². The van der Waals surface area contributed by atoms with Gasteiger partial charge in [-0.05, 0) is 42.2 Å². The summed E-state index contributed by atoms with van der Waals surface area (Å²) in [6, 6.07) is 7.61. The molecule has 0 unspecified atom stereocenters. The van der Waals surface area contributed by atoms with Crippen LogP contribution in [0.1, 0.15) is 11.1 Å². The van der Waals surface area contributed by atoms with Crippen LogP contribution in [-0.2, 0) is 22.4 Å². The van der Waals surface area contributed by atoms with E-state index in [9.17, 15) is 4.79 Å². The van der Waals surface area contributed by atoms with Gasteiger partial charge in [0, 0.05) is 5.92 Å². The largest absolute Gasteiger partial charge is 0.493 e. The number of hydrogen-bond acceptors (Lipinski definition) is 7. The van der Waals surface area contributed by atoms with E-state index in [0.29, 0.717) is 41.7 Å². The number of rotatable bonds is 7. The minimum atomic E-state index is -0.337. The second kappa shape index (κ2) is 8.52. The standard InChI is InChI=1S/C22H23ClO7/c1-25-18-9-13(19(23)21(27-3)20(18)26-2)8-15-14(10-28-22(15)24)6-12-4-5-16-17(7-12)30-11-29-16/h4-5,7,9,14-15H,6,8,10-11H2,1-3H3/t14-,15+/m1/s1. The number of carbonyl (C=O) groups excluding carboxylic acids is 1. The fraction of sp³-hybridized carbons (Fsp3) is 0.409. The van der Waals surface area contributed by atoms with Gasteiger partial charge in [0.25, 0.3) is 0 Å². The number of hydrogen-bond donors (Lipinski definition) is 0. The minimum Gasteiger partial charge on any atom is -0.493 e. The van der Waals surface area contributed by atoms with Gasteiger partial charge in [0.2, 0.25) is 12.5 Å². The Morgan fingerprint density at radius 2 is 1.73 bits per heavy atom. The molecule has 2 heterocycles. The molecular weight excluding hydrogens is 412 g/mol. The average Bonchev–Trinajstić information content (AvgIpc) is 3.35. The molecule has 30 heavy (non-hydrogen) atoms. The maximum Gasteiger partial charge on any atom is 0.309 e. The fourth-order valence-electron chi connectivity index (χ4n) is 3.98. The molecule has 0 radical (unpaired) electrons. The predicted octanol–water partition coefficient (Wildman–Crippen LogP) is 3.67. The number of ether oxygens (including phenoxy) is 6. The molecule has 1 fully saturated rings. The number of halogens is 1. The Morgan fingerprint density at radius 3 is 2.47 bits per heavy atom. The van der Waals surface area contributed by atoms with E-state index in [2.05, 4.69) is 0 Å². The zero-order valence-electron chi connectivity index (χ0n) is 17.0. The highest BCUT2D eigenvalue weighted by atomic mass is 35.5. The van der Waals surface area contributed by atoms with Gasteiger partial charge in [-0.15, -0.1) is 0 Å². The van der Waals surface area contributed by atoms with Crippen LogP contribution >= 0.6 is 11.6 Å². The molecule has 160 valence electrons. The third-order valence-electron chi connectivity index (χ3n) is 5.53. The van der Waals surface area contributed by atoms with Crippen molar-refractivity contribution < 1.29 is 33.2 Å². The molecule has 1 saturated heterocycles. The maximum atomic E-state index is 12.5. The molecule has 0 N–H and O–H groups in total. The first-order chi connectivity index (χ1) is 14.5. The van der Waals surface area contributed by atoms with Gasteiger partial charge in [0.15, 0.2) is 23.0 Å². The molecule has 7 nitrogen and oxygen atoms in total. The fourth-order valence-corrected chi connectivity index (χ4v) is 4.28. The lowest BCUT2D eigenvalue weighted by Gasteiger charge is -2.19. The van der Waals surface area contributed by atoms with Crippen LogP contribution in [0.4, 0.5) is 0 Å². The summed E-state index contributed by atoms with van der Waals surface area (Å²) in [4.78, 5) is 12.5. The van der Waals surface area contributed by atoms with Crippen LogP contribution in [0.15, 0.2) is 24.3 Å². The quantitative estimate of drug-likeness (QED) is 0.615. The molecule has 8 heteroatoms. The first-order valence-electron chi connectivity index (χ1n) is 9.58. The topological polar surface area (TPSA) is 72.5 Å². The van der Waals surface area contributed by atoms with Crippen molar-refractivity contribution in [1.29, 1.82) is 0 Å². The average molecular weight is 435 g/mol. The van der Waals surface area contributed by atoms with Gasteiger partial charge in [0.05, 0.1) is 38.9 Å². The molecule has 0 amide bonds. The smallest absolute Gasteiger partial charge is 0.309 e. The van der Waals surface area contributed by atoms with Crippen molar-refractivity contribution in [1.82, 2.24) is 0 Å². The lowest BCUT2D eigenvalue weighted by molar-refractivity contribution is -0.141. The Balaban J connectivity index is 1.59. The molecule has 2 aliphatic rings. The summed E-state index contributed by atoms with van der Waals surface area (Å²) in [7, 11) is 4.58. The van der Waals surface area contributed by atoms with E-state index in [1.165, 1.54) is 14.2 Å². The van der Waals surface area contributed by atoms with Crippen LogP contribution in [0, 0.1) is 11.8 Å². The van der Waals surface area contributed by atoms with Gasteiger partial charge < -0.3 is 28.4 Å². The summed E-state index contributed by atoms with van der Waals surface area (Å²) in [5.41, 5.74) is 1.80. The van der Waals surface area contributed by atoms with Crippen LogP contribution in [0.2, 0.25) is 5.02 Å². The highest BCUT2D eigenvalue weighted by Crippen LogP contribution is 2.46. The molecule has 0 spiro atoms. The van der Waals surface area contributed by atoms with Gasteiger partial charge in [-0.1, -0.05) is 17.7 Å². The van der Waals surface area contributed by atoms with E-state index in [-0.39, 0.29) is 24.6 Å². The lowest BCUT2D eigenvalue weighted by Crippen LogP contribution is -2.21. The van der Waals surface area contributed by atoms with Gasteiger partial charge in [-0.2, -0.15) is 0 Å². The van der Waals surface area contributed by atoms with Crippen molar-refractivity contribution in [3.63, 3.8) is 0 Å². The normalized spacial score (nSPS) is 19.5. The van der Waals surface area contributed by atoms with Crippen LogP contribution in [-0.4, -0.2) is 40.7 Å². The summed E-state index contributed by atoms with van der Waals surface area (Å²) < 4.78 is 32.4. The molecule has 4 rings (SSSR count). The van der Waals surface area contributed by atoms with Crippen molar-refractivity contribution in [2.75, 3.05) is 34.7 Å². The lowest BCUT2D eigenvalue weighted by atomic mass is 9.85. The summed E-state index contributed by atoms with van der Waals surface area (Å²) >= 11 is 6.58. The molecule has 2 aliphatic heterocycles. The molecule has 0 bridgehead atoms. The third kappa shape index (κ3) is 3.69. The van der Waals surface area contributed by atoms with Gasteiger partial charge in [-0.3, -0.25) is 4.79 Å². The van der Waals surface area contributed by atoms with E-state index in [4.69, 9.17) is 40.0 Å². The summed E-state index contributed by atoms with van der Waals surface area (Å²) in [5.74, 6) is 2.19. The Bertz CT molecular complexity index is 959. The van der Waals surface area contributed by atoms with E-state index >= 15 is 0 Å². The molecular formula is C22H23ClO7. The second-order valence-corrected chi connectivity index (χ2v) is 7.59. The Morgan fingerprint density at radius 1 is 0.967 bits per heavy atom. The van der Waals surface area contributed by atoms with Crippen LogP contribution in [0.3, 0.4) is 0 Å². The zero-order valence-corrected chi connectivity index (χ0v) is 17.8. The molecule has 0 saturated carbocycles. The summed E-state index contributed by atoms with van der Waals surface area (Å²) in [5, 5.41) is 0.400. The van der Waals surface area contributed by atoms with Crippen molar-refractivity contribution >= 4 is 17.6 Å². The first-order valence-corrected chi connectivity index (χ1v) is 9.96. The van der Waals surface area contributed by atoms with Gasteiger partial charge in [-0.25, -0.2) is 0 Å². The molecule has 2 aromatic rings. The highest BCUT2D eigenvalue weighted by molar-refractivity contribution is 6.33. The molecule has 0 aromatic heterocycles. The van der Waals surface area contributed by atoms with E-state index in [1.54, 1.807) is 13.2 Å².